The highest BCUT2D eigenvalue weighted by Crippen LogP contribution is 2.23. The van der Waals surface area contributed by atoms with Gasteiger partial charge in [-0.15, -0.1) is 0 Å². The Labute approximate surface area is 143 Å². The van der Waals surface area contributed by atoms with E-state index in [4.69, 9.17) is 0 Å². The van der Waals surface area contributed by atoms with Gasteiger partial charge in [0.15, 0.2) is 0 Å². The van der Waals surface area contributed by atoms with Crippen molar-refractivity contribution in [3.05, 3.63) is 57.0 Å². The van der Waals surface area contributed by atoms with Crippen LogP contribution in [0.1, 0.15) is 47.1 Å². The van der Waals surface area contributed by atoms with Gasteiger partial charge in [0.05, 0.1) is 6.20 Å². The zero-order chi connectivity index (χ0) is 17.3. The van der Waals surface area contributed by atoms with E-state index in [0.29, 0.717) is 10.5 Å². The summed E-state index contributed by atoms with van der Waals surface area (Å²) in [7, 11) is 0. The first-order valence-electron chi connectivity index (χ1n) is 7.76. The third-order valence-corrected chi connectivity index (χ3v) is 5.02. The van der Waals surface area contributed by atoms with Crippen molar-refractivity contribution in [2.45, 2.75) is 33.1 Å². The molecule has 0 aliphatic carbocycles. The first kappa shape index (κ1) is 16.3. The zero-order valence-corrected chi connectivity index (χ0v) is 14.6. The molecule has 0 bridgehead atoms. The van der Waals surface area contributed by atoms with Gasteiger partial charge < -0.3 is 5.32 Å². The Hall–Kier alpha value is -2.54. The van der Waals surface area contributed by atoms with E-state index >= 15 is 0 Å². The zero-order valence-electron chi connectivity index (χ0n) is 13.7. The first-order chi connectivity index (χ1) is 11.5. The highest BCUT2D eigenvalue weighted by molar-refractivity contribution is 7.16. The molecule has 3 rings (SSSR count). The van der Waals surface area contributed by atoms with Crippen LogP contribution in [0.5, 0.6) is 0 Å². The van der Waals surface area contributed by atoms with E-state index in [9.17, 15) is 9.59 Å². The lowest BCUT2D eigenvalue weighted by Crippen LogP contribution is -2.23. The van der Waals surface area contributed by atoms with Gasteiger partial charge in [0.2, 0.25) is 4.96 Å². The molecule has 124 valence electrons. The van der Waals surface area contributed by atoms with Gasteiger partial charge in [0.1, 0.15) is 10.7 Å². The lowest BCUT2D eigenvalue weighted by atomic mass is 10.1. The van der Waals surface area contributed by atoms with Crippen molar-refractivity contribution in [1.29, 1.82) is 0 Å². The number of hydrogen-bond acceptors (Lipinski definition) is 5. The molecule has 0 aliphatic heterocycles. The number of aromatic nitrogens is 3. The minimum atomic E-state index is -0.369. The number of anilines is 1. The fourth-order valence-electron chi connectivity index (χ4n) is 2.24. The summed E-state index contributed by atoms with van der Waals surface area (Å²) >= 11 is 1.40. The molecule has 1 unspecified atom stereocenters. The van der Waals surface area contributed by atoms with Gasteiger partial charge in [-0.2, -0.15) is 9.61 Å². The number of benzene rings is 1. The second-order valence-corrected chi connectivity index (χ2v) is 6.73. The van der Waals surface area contributed by atoms with Crippen LogP contribution < -0.4 is 10.9 Å². The Balaban J connectivity index is 1.94. The maximum absolute atomic E-state index is 12.5. The predicted molar refractivity (Wildman–Crippen MR) is 95.0 cm³/mol. The number of nitrogens with one attached hydrogen (secondary N) is 1. The summed E-state index contributed by atoms with van der Waals surface area (Å²) in [5, 5.41) is 7.84. The van der Waals surface area contributed by atoms with Crippen molar-refractivity contribution in [3.8, 4) is 0 Å². The minimum Gasteiger partial charge on any atom is -0.316 e. The molecular weight excluding hydrogens is 324 g/mol. The van der Waals surface area contributed by atoms with Gasteiger partial charge in [-0.1, -0.05) is 42.9 Å². The van der Waals surface area contributed by atoms with Crippen LogP contribution in [0.4, 0.5) is 5.69 Å². The average Bonchev–Trinajstić information content (AvgIpc) is 3.01. The number of amides is 1. The molecule has 0 fully saturated rings. The first-order valence-corrected chi connectivity index (χ1v) is 8.58. The molecular formula is C17H18N4O2S. The van der Waals surface area contributed by atoms with Crippen LogP contribution in [0.15, 0.2) is 35.3 Å². The van der Waals surface area contributed by atoms with Crippen molar-refractivity contribution in [2.75, 3.05) is 5.32 Å². The summed E-state index contributed by atoms with van der Waals surface area (Å²) < 4.78 is 1.26. The molecule has 0 aliphatic rings. The summed E-state index contributed by atoms with van der Waals surface area (Å²) in [6, 6.07) is 7.18. The topological polar surface area (TPSA) is 76.4 Å². The summed E-state index contributed by atoms with van der Waals surface area (Å²) in [4.78, 5) is 29.6. The second-order valence-electron chi connectivity index (χ2n) is 5.74. The molecule has 1 aromatic carbocycles. The number of carbonyl (C=O) groups excluding carboxylic acids is 1. The standard InChI is InChI=1S/C17H18N4O2S/c1-4-11(3)15-20-21-16(23)13(9-18-17(21)24-15)19-14(22)12-7-5-6-10(2)8-12/h5-9,11H,4H2,1-3H3,(H,19,22). The van der Waals surface area contributed by atoms with E-state index in [-0.39, 0.29) is 23.1 Å². The van der Waals surface area contributed by atoms with Crippen molar-refractivity contribution in [2.24, 2.45) is 0 Å². The van der Waals surface area contributed by atoms with Crippen LogP contribution in [0.3, 0.4) is 0 Å². The Morgan fingerprint density at radius 1 is 1.42 bits per heavy atom. The van der Waals surface area contributed by atoms with Crippen LogP contribution in [-0.4, -0.2) is 20.5 Å². The minimum absolute atomic E-state index is 0.125. The van der Waals surface area contributed by atoms with Gasteiger partial charge in [-0.05, 0) is 25.5 Å². The Bertz CT molecular complexity index is 961. The number of rotatable bonds is 4. The van der Waals surface area contributed by atoms with Crippen molar-refractivity contribution in [3.63, 3.8) is 0 Å². The fraction of sp³-hybridized carbons (Fsp3) is 0.294. The molecule has 6 nitrogen and oxygen atoms in total. The summed E-state index contributed by atoms with van der Waals surface area (Å²) in [5.74, 6) is -0.0728. The van der Waals surface area contributed by atoms with E-state index in [1.165, 1.54) is 22.0 Å². The maximum atomic E-state index is 12.5. The molecule has 7 heteroatoms. The van der Waals surface area contributed by atoms with Gasteiger partial charge in [-0.3, -0.25) is 9.59 Å². The number of aryl methyl sites for hydroxylation is 1. The van der Waals surface area contributed by atoms with E-state index in [2.05, 4.69) is 29.2 Å². The van der Waals surface area contributed by atoms with Gasteiger partial charge in [0, 0.05) is 11.5 Å². The highest BCUT2D eigenvalue weighted by atomic mass is 32.1. The quantitative estimate of drug-likeness (QED) is 0.790. The molecule has 2 aromatic heterocycles. The van der Waals surface area contributed by atoms with E-state index in [1.54, 1.807) is 18.2 Å². The van der Waals surface area contributed by atoms with Gasteiger partial charge >= 0.3 is 0 Å². The molecule has 0 radical (unpaired) electrons. The SMILES string of the molecule is CCC(C)c1nn2c(=O)c(NC(=O)c3cccc(C)c3)cnc2s1. The largest absolute Gasteiger partial charge is 0.316 e. The number of nitrogens with zero attached hydrogens (tertiary/aromatic N) is 3. The predicted octanol–water partition coefficient (Wildman–Crippen LogP) is 3.23. The third-order valence-electron chi connectivity index (χ3n) is 3.86. The molecule has 2 heterocycles. The number of carbonyl (C=O) groups is 1. The summed E-state index contributed by atoms with van der Waals surface area (Å²) in [5.41, 5.74) is 1.23. The maximum Gasteiger partial charge on any atom is 0.298 e. The molecule has 1 N–H and O–H groups in total. The molecule has 3 aromatic rings. The smallest absolute Gasteiger partial charge is 0.298 e. The Kier molecular flexibility index (Phi) is 4.44. The van der Waals surface area contributed by atoms with Gasteiger partial charge in [-0.25, -0.2) is 4.98 Å². The second kappa shape index (κ2) is 6.52. The summed E-state index contributed by atoms with van der Waals surface area (Å²) in [6.45, 7) is 6.04. The van der Waals surface area contributed by atoms with Crippen LogP contribution >= 0.6 is 11.3 Å². The molecule has 1 atom stereocenters. The Morgan fingerprint density at radius 2 is 2.21 bits per heavy atom. The molecule has 1 amide bonds. The summed E-state index contributed by atoms with van der Waals surface area (Å²) in [6.07, 6.45) is 2.33. The third kappa shape index (κ3) is 3.07. The van der Waals surface area contributed by atoms with Crippen molar-refractivity contribution in [1.82, 2.24) is 14.6 Å². The molecule has 0 saturated heterocycles. The van der Waals surface area contributed by atoms with Crippen molar-refractivity contribution < 1.29 is 4.79 Å². The van der Waals surface area contributed by atoms with Crippen molar-refractivity contribution >= 4 is 27.9 Å². The van der Waals surface area contributed by atoms with Crippen LogP contribution in [-0.2, 0) is 0 Å². The number of fused-ring (bicyclic) bond motifs is 1. The highest BCUT2D eigenvalue weighted by Gasteiger charge is 2.15. The van der Waals surface area contributed by atoms with Crippen LogP contribution in [0.25, 0.3) is 4.96 Å². The molecule has 0 spiro atoms. The Morgan fingerprint density at radius 3 is 2.92 bits per heavy atom. The monoisotopic (exact) mass is 342 g/mol. The van der Waals surface area contributed by atoms with Crippen LogP contribution in [0.2, 0.25) is 0 Å². The van der Waals surface area contributed by atoms with E-state index in [0.717, 1.165) is 17.0 Å². The van der Waals surface area contributed by atoms with Crippen LogP contribution in [0, 0.1) is 6.92 Å². The number of hydrogen-bond donors (Lipinski definition) is 1. The normalized spacial score (nSPS) is 12.3. The van der Waals surface area contributed by atoms with Gasteiger partial charge in [0.25, 0.3) is 11.5 Å². The average molecular weight is 342 g/mol. The van der Waals surface area contributed by atoms with E-state index in [1.807, 2.05) is 13.0 Å². The fourth-order valence-corrected chi connectivity index (χ4v) is 3.23. The lowest BCUT2D eigenvalue weighted by Gasteiger charge is -2.05. The molecule has 24 heavy (non-hydrogen) atoms. The lowest BCUT2D eigenvalue weighted by molar-refractivity contribution is 0.102. The van der Waals surface area contributed by atoms with E-state index < -0.39 is 0 Å². The molecule has 0 saturated carbocycles.